The summed E-state index contributed by atoms with van der Waals surface area (Å²) in [6.45, 7) is 1.66. The number of aromatic amines is 1. The number of tetrazole rings is 1. The predicted octanol–water partition coefficient (Wildman–Crippen LogP) is 1.41. The van der Waals surface area contributed by atoms with Gasteiger partial charge in [-0.15, -0.1) is 10.2 Å². The number of allylic oxidation sites excluding steroid dienone is 1. The molecule has 1 saturated heterocycles. The van der Waals surface area contributed by atoms with E-state index in [0.717, 1.165) is 31.6 Å². The second-order valence-electron chi connectivity index (χ2n) is 5.13. The van der Waals surface area contributed by atoms with Gasteiger partial charge in [0, 0.05) is 30.5 Å². The zero-order chi connectivity index (χ0) is 16.1. The standard InChI is InChI=1S/C15H15N7O/c16-9-12(14-18-20-21-19-14)10-17-13-5-3-11(4-6-13)15(23)22-7-1-2-8-22/h3-6,10,17H,1-2,7-8H2,(H,18,19,20,21). The SMILES string of the molecule is N#CC(=CNc1ccc(C(=O)N2CCCC2)cc1)c1nn[nH]n1. The van der Waals surface area contributed by atoms with Crippen LogP contribution in [0.25, 0.3) is 5.57 Å². The summed E-state index contributed by atoms with van der Waals surface area (Å²) in [5, 5.41) is 25.3. The number of likely N-dealkylation sites (tertiary alicyclic amines) is 1. The number of amides is 1. The average Bonchev–Trinajstić information content (AvgIpc) is 3.29. The maximum Gasteiger partial charge on any atom is 0.253 e. The Balaban J connectivity index is 1.68. The molecule has 0 bridgehead atoms. The lowest BCUT2D eigenvalue weighted by Crippen LogP contribution is -2.27. The molecule has 8 nitrogen and oxygen atoms in total. The molecule has 1 aromatic carbocycles. The van der Waals surface area contributed by atoms with Gasteiger partial charge in [-0.2, -0.15) is 10.5 Å². The molecule has 0 saturated carbocycles. The largest absolute Gasteiger partial charge is 0.360 e. The first-order valence-corrected chi connectivity index (χ1v) is 7.28. The second-order valence-corrected chi connectivity index (χ2v) is 5.13. The Morgan fingerprint density at radius 3 is 2.65 bits per heavy atom. The molecule has 2 heterocycles. The van der Waals surface area contributed by atoms with E-state index in [1.165, 1.54) is 6.20 Å². The van der Waals surface area contributed by atoms with Crippen molar-refractivity contribution in [1.82, 2.24) is 25.5 Å². The third-order valence-electron chi connectivity index (χ3n) is 3.61. The number of carbonyl (C=O) groups excluding carboxylic acids is 1. The van der Waals surface area contributed by atoms with Crippen molar-refractivity contribution in [3.05, 3.63) is 41.9 Å². The smallest absolute Gasteiger partial charge is 0.253 e. The molecule has 0 unspecified atom stereocenters. The fourth-order valence-corrected chi connectivity index (χ4v) is 2.39. The summed E-state index contributed by atoms with van der Waals surface area (Å²) < 4.78 is 0. The molecule has 0 aliphatic carbocycles. The second kappa shape index (κ2) is 6.70. The first kappa shape index (κ1) is 14.7. The van der Waals surface area contributed by atoms with Gasteiger partial charge in [0.2, 0.25) is 5.82 Å². The summed E-state index contributed by atoms with van der Waals surface area (Å²) in [6, 6.07) is 9.14. The Hall–Kier alpha value is -3.21. The van der Waals surface area contributed by atoms with Crippen LogP contribution in [0, 0.1) is 11.3 Å². The number of H-pyrrole nitrogens is 1. The van der Waals surface area contributed by atoms with E-state index >= 15 is 0 Å². The Bertz CT molecular complexity index is 737. The minimum absolute atomic E-state index is 0.0640. The van der Waals surface area contributed by atoms with Gasteiger partial charge in [-0.3, -0.25) is 4.79 Å². The molecule has 1 aliphatic heterocycles. The monoisotopic (exact) mass is 309 g/mol. The van der Waals surface area contributed by atoms with Gasteiger partial charge < -0.3 is 10.2 Å². The molecule has 8 heteroatoms. The Morgan fingerprint density at radius 1 is 1.30 bits per heavy atom. The lowest BCUT2D eigenvalue weighted by molar-refractivity contribution is 0.0793. The number of nitrogens with one attached hydrogen (secondary N) is 2. The molecule has 23 heavy (non-hydrogen) atoms. The lowest BCUT2D eigenvalue weighted by Gasteiger charge is -2.15. The van der Waals surface area contributed by atoms with Crippen molar-refractivity contribution >= 4 is 17.2 Å². The predicted molar refractivity (Wildman–Crippen MR) is 83.0 cm³/mol. The van der Waals surface area contributed by atoms with Crippen LogP contribution in [-0.2, 0) is 0 Å². The number of hydrogen-bond acceptors (Lipinski definition) is 6. The van der Waals surface area contributed by atoms with Crippen molar-refractivity contribution < 1.29 is 4.79 Å². The molecular weight excluding hydrogens is 294 g/mol. The lowest BCUT2D eigenvalue weighted by atomic mass is 10.2. The molecule has 1 aliphatic rings. The molecule has 1 aromatic heterocycles. The number of nitriles is 1. The fraction of sp³-hybridized carbons (Fsp3) is 0.267. The highest BCUT2D eigenvalue weighted by atomic mass is 16.2. The van der Waals surface area contributed by atoms with Gasteiger partial charge in [0.15, 0.2) is 0 Å². The molecule has 3 rings (SSSR count). The van der Waals surface area contributed by atoms with E-state index in [0.29, 0.717) is 5.56 Å². The van der Waals surface area contributed by atoms with Crippen LogP contribution in [0.4, 0.5) is 5.69 Å². The van der Waals surface area contributed by atoms with Crippen LogP contribution in [0.2, 0.25) is 0 Å². The van der Waals surface area contributed by atoms with E-state index in [1.807, 2.05) is 11.0 Å². The normalized spacial score (nSPS) is 14.6. The van der Waals surface area contributed by atoms with E-state index in [-0.39, 0.29) is 17.3 Å². The van der Waals surface area contributed by atoms with Crippen molar-refractivity contribution in [3.63, 3.8) is 0 Å². The van der Waals surface area contributed by atoms with Crippen molar-refractivity contribution in [2.75, 3.05) is 18.4 Å². The fourth-order valence-electron chi connectivity index (χ4n) is 2.39. The Labute approximate surface area is 132 Å². The van der Waals surface area contributed by atoms with E-state index in [9.17, 15) is 4.79 Å². The van der Waals surface area contributed by atoms with Crippen LogP contribution in [0.3, 0.4) is 0 Å². The van der Waals surface area contributed by atoms with Crippen LogP contribution in [-0.4, -0.2) is 44.5 Å². The molecule has 1 amide bonds. The van der Waals surface area contributed by atoms with Crippen molar-refractivity contribution in [2.24, 2.45) is 0 Å². The number of nitrogens with zero attached hydrogens (tertiary/aromatic N) is 5. The van der Waals surface area contributed by atoms with Gasteiger partial charge in [0.25, 0.3) is 5.91 Å². The quantitative estimate of drug-likeness (QED) is 0.826. The molecule has 2 aromatic rings. The van der Waals surface area contributed by atoms with Gasteiger partial charge >= 0.3 is 0 Å². The van der Waals surface area contributed by atoms with Gasteiger partial charge in [-0.1, -0.05) is 0 Å². The number of benzene rings is 1. The first-order chi connectivity index (χ1) is 11.3. The van der Waals surface area contributed by atoms with Crippen LogP contribution >= 0.6 is 0 Å². The zero-order valence-electron chi connectivity index (χ0n) is 12.4. The summed E-state index contributed by atoms with van der Waals surface area (Å²) in [5.41, 5.74) is 1.69. The van der Waals surface area contributed by atoms with Crippen molar-refractivity contribution in [1.29, 1.82) is 5.26 Å². The minimum Gasteiger partial charge on any atom is -0.360 e. The Kier molecular flexibility index (Phi) is 4.29. The third kappa shape index (κ3) is 3.35. The van der Waals surface area contributed by atoms with Crippen LogP contribution < -0.4 is 5.32 Å². The number of aromatic nitrogens is 4. The molecular formula is C15H15N7O. The number of rotatable bonds is 4. The highest BCUT2D eigenvalue weighted by Gasteiger charge is 2.19. The van der Waals surface area contributed by atoms with E-state index < -0.39 is 0 Å². The summed E-state index contributed by atoms with van der Waals surface area (Å²) in [5.74, 6) is 0.287. The molecule has 116 valence electrons. The Morgan fingerprint density at radius 2 is 2.04 bits per heavy atom. The van der Waals surface area contributed by atoms with E-state index in [1.54, 1.807) is 24.3 Å². The highest BCUT2D eigenvalue weighted by Crippen LogP contribution is 2.16. The molecule has 2 N–H and O–H groups in total. The van der Waals surface area contributed by atoms with Gasteiger partial charge in [0.1, 0.15) is 11.6 Å². The van der Waals surface area contributed by atoms with Crippen LogP contribution in [0.1, 0.15) is 29.0 Å². The minimum atomic E-state index is 0.0640. The first-order valence-electron chi connectivity index (χ1n) is 7.28. The number of anilines is 1. The van der Waals surface area contributed by atoms with E-state index in [2.05, 4.69) is 25.9 Å². The summed E-state index contributed by atoms with van der Waals surface area (Å²) in [7, 11) is 0. The molecule has 0 radical (unpaired) electrons. The number of hydrogen-bond donors (Lipinski definition) is 2. The summed E-state index contributed by atoms with van der Waals surface area (Å²) in [4.78, 5) is 14.1. The van der Waals surface area contributed by atoms with Gasteiger partial charge in [-0.25, -0.2) is 0 Å². The summed E-state index contributed by atoms with van der Waals surface area (Å²) >= 11 is 0. The molecule has 0 atom stereocenters. The van der Waals surface area contributed by atoms with Crippen molar-refractivity contribution in [3.8, 4) is 6.07 Å². The maximum atomic E-state index is 12.2. The number of carbonyl (C=O) groups is 1. The van der Waals surface area contributed by atoms with Crippen LogP contribution in [0.15, 0.2) is 30.5 Å². The van der Waals surface area contributed by atoms with Gasteiger partial charge in [-0.05, 0) is 42.3 Å². The van der Waals surface area contributed by atoms with Crippen LogP contribution in [0.5, 0.6) is 0 Å². The average molecular weight is 309 g/mol. The highest BCUT2D eigenvalue weighted by molar-refractivity contribution is 5.94. The van der Waals surface area contributed by atoms with E-state index in [4.69, 9.17) is 5.26 Å². The van der Waals surface area contributed by atoms with Crippen molar-refractivity contribution in [2.45, 2.75) is 12.8 Å². The molecule has 0 spiro atoms. The molecule has 1 fully saturated rings. The third-order valence-corrected chi connectivity index (χ3v) is 3.61. The van der Waals surface area contributed by atoms with Gasteiger partial charge in [0.05, 0.1) is 0 Å². The maximum absolute atomic E-state index is 12.2. The summed E-state index contributed by atoms with van der Waals surface area (Å²) in [6.07, 6.45) is 3.65. The zero-order valence-corrected chi connectivity index (χ0v) is 12.4. The topological polar surface area (TPSA) is 111 Å².